The minimum absolute atomic E-state index is 0.718. The summed E-state index contributed by atoms with van der Waals surface area (Å²) in [6.45, 7) is 5.03. The third kappa shape index (κ3) is 3.96. The monoisotopic (exact) mass is 308 g/mol. The lowest BCUT2D eigenvalue weighted by Crippen LogP contribution is -2.05. The second-order valence-electron chi connectivity index (χ2n) is 6.67. The van der Waals surface area contributed by atoms with E-state index in [1.54, 1.807) is 0 Å². The molecule has 0 amide bonds. The van der Waals surface area contributed by atoms with E-state index in [1.807, 2.05) is 6.92 Å². The Morgan fingerprint density at radius 1 is 1.04 bits per heavy atom. The lowest BCUT2D eigenvalue weighted by molar-refractivity contribution is 0.341. The van der Waals surface area contributed by atoms with E-state index in [0.717, 1.165) is 18.3 Å². The maximum Gasteiger partial charge on any atom is 0.119 e. The first-order chi connectivity index (χ1) is 11.3. The molecular weight excluding hydrogens is 280 g/mol. The number of ether oxygens (including phenoxy) is 1. The minimum atomic E-state index is 0.718. The first-order valence-corrected chi connectivity index (χ1v) is 9.16. The summed E-state index contributed by atoms with van der Waals surface area (Å²) in [6.07, 6.45) is 10.4. The molecule has 0 saturated carbocycles. The van der Waals surface area contributed by atoms with Crippen LogP contribution in [0.4, 0.5) is 0 Å². The van der Waals surface area contributed by atoms with E-state index in [-0.39, 0.29) is 0 Å². The minimum Gasteiger partial charge on any atom is -0.494 e. The van der Waals surface area contributed by atoms with Gasteiger partial charge in [0.1, 0.15) is 5.75 Å². The Morgan fingerprint density at radius 2 is 1.87 bits per heavy atom. The van der Waals surface area contributed by atoms with E-state index < -0.39 is 0 Å². The summed E-state index contributed by atoms with van der Waals surface area (Å²) in [6, 6.07) is 13.2. The number of rotatable bonds is 6. The first kappa shape index (κ1) is 16.1. The van der Waals surface area contributed by atoms with Crippen molar-refractivity contribution in [1.29, 1.82) is 0 Å². The molecule has 1 unspecified atom stereocenters. The number of hydrogen-bond donors (Lipinski definition) is 0. The second kappa shape index (κ2) is 7.68. The van der Waals surface area contributed by atoms with Crippen molar-refractivity contribution in [2.45, 2.75) is 52.4 Å². The van der Waals surface area contributed by atoms with Crippen LogP contribution in [0.15, 0.2) is 42.5 Å². The molecule has 0 heterocycles. The molecule has 0 spiro atoms. The van der Waals surface area contributed by atoms with Crippen LogP contribution in [0, 0.1) is 5.92 Å². The molecule has 0 fully saturated rings. The van der Waals surface area contributed by atoms with Crippen molar-refractivity contribution in [3.05, 3.63) is 48.0 Å². The average Bonchev–Trinajstić information content (AvgIpc) is 2.60. The van der Waals surface area contributed by atoms with Crippen molar-refractivity contribution in [3.63, 3.8) is 0 Å². The molecule has 0 aromatic heterocycles. The van der Waals surface area contributed by atoms with Crippen LogP contribution >= 0.6 is 0 Å². The third-order valence-electron chi connectivity index (χ3n) is 4.98. The fourth-order valence-electron chi connectivity index (χ4n) is 3.59. The highest BCUT2D eigenvalue weighted by Gasteiger charge is 2.15. The summed E-state index contributed by atoms with van der Waals surface area (Å²) in [5.74, 6) is 1.87. The molecule has 0 bridgehead atoms. The van der Waals surface area contributed by atoms with Crippen LogP contribution in [-0.2, 0) is 0 Å². The summed E-state index contributed by atoms with van der Waals surface area (Å²) in [7, 11) is 0. The van der Waals surface area contributed by atoms with Crippen molar-refractivity contribution in [2.24, 2.45) is 5.92 Å². The van der Waals surface area contributed by atoms with Gasteiger partial charge in [-0.2, -0.15) is 0 Å². The Morgan fingerprint density at radius 3 is 2.61 bits per heavy atom. The summed E-state index contributed by atoms with van der Waals surface area (Å²) in [5.41, 5.74) is 2.93. The number of benzene rings is 2. The molecule has 1 aliphatic rings. The molecule has 0 N–H and O–H groups in total. The van der Waals surface area contributed by atoms with Crippen LogP contribution in [0.3, 0.4) is 0 Å². The zero-order chi connectivity index (χ0) is 16.1. The number of fused-ring (bicyclic) bond motifs is 1. The zero-order valence-electron chi connectivity index (χ0n) is 14.5. The molecule has 1 aliphatic carbocycles. The maximum absolute atomic E-state index is 5.59. The van der Waals surface area contributed by atoms with Crippen molar-refractivity contribution in [1.82, 2.24) is 0 Å². The van der Waals surface area contributed by atoms with E-state index in [9.17, 15) is 0 Å². The van der Waals surface area contributed by atoms with Crippen LogP contribution in [0.2, 0.25) is 0 Å². The second-order valence-corrected chi connectivity index (χ2v) is 6.67. The molecule has 1 heteroatoms. The molecule has 0 saturated heterocycles. The molecule has 0 radical (unpaired) electrons. The molecule has 23 heavy (non-hydrogen) atoms. The van der Waals surface area contributed by atoms with Gasteiger partial charge in [-0.15, -0.1) is 0 Å². The summed E-state index contributed by atoms with van der Waals surface area (Å²) in [5, 5.41) is 2.57. The van der Waals surface area contributed by atoms with Crippen molar-refractivity contribution in [3.8, 4) is 5.75 Å². The van der Waals surface area contributed by atoms with Crippen molar-refractivity contribution in [2.75, 3.05) is 6.61 Å². The largest absolute Gasteiger partial charge is 0.494 e. The lowest BCUT2D eigenvalue weighted by atomic mass is 9.84. The van der Waals surface area contributed by atoms with Gasteiger partial charge in [-0.3, -0.25) is 0 Å². The third-order valence-corrected chi connectivity index (χ3v) is 4.98. The summed E-state index contributed by atoms with van der Waals surface area (Å²) >= 11 is 0. The quantitative estimate of drug-likeness (QED) is 0.583. The van der Waals surface area contributed by atoms with Gasteiger partial charge < -0.3 is 4.74 Å². The van der Waals surface area contributed by atoms with Gasteiger partial charge in [0.2, 0.25) is 0 Å². The lowest BCUT2D eigenvalue weighted by Gasteiger charge is -2.22. The average molecular weight is 308 g/mol. The topological polar surface area (TPSA) is 9.23 Å². The van der Waals surface area contributed by atoms with Crippen LogP contribution in [0.25, 0.3) is 16.3 Å². The Labute approximate surface area is 140 Å². The molecule has 3 rings (SSSR count). The highest BCUT2D eigenvalue weighted by Crippen LogP contribution is 2.34. The summed E-state index contributed by atoms with van der Waals surface area (Å²) in [4.78, 5) is 0. The van der Waals surface area contributed by atoms with Gasteiger partial charge in [0.15, 0.2) is 0 Å². The Hall–Kier alpha value is -1.76. The highest BCUT2D eigenvalue weighted by atomic mass is 16.5. The molecule has 1 nitrogen and oxygen atoms in total. The van der Waals surface area contributed by atoms with E-state index in [1.165, 1.54) is 60.4 Å². The standard InChI is InChI=1S/C22H28O/c1-3-5-6-17-7-9-18(10-8-17)19-11-12-21-16-22(23-4-2)14-13-20(21)15-19/h9,11-17H,3-8,10H2,1-2H3. The van der Waals surface area contributed by atoms with Gasteiger partial charge in [0.25, 0.3) is 0 Å². The van der Waals surface area contributed by atoms with E-state index in [4.69, 9.17) is 4.74 Å². The van der Waals surface area contributed by atoms with Crippen LogP contribution in [0.1, 0.15) is 57.9 Å². The molecule has 2 aromatic carbocycles. The van der Waals surface area contributed by atoms with Gasteiger partial charge >= 0.3 is 0 Å². The van der Waals surface area contributed by atoms with E-state index in [0.29, 0.717) is 0 Å². The SMILES string of the molecule is CCCCC1CC=C(c2ccc3cc(OCC)ccc3c2)CC1. The smallest absolute Gasteiger partial charge is 0.119 e. The highest BCUT2D eigenvalue weighted by molar-refractivity contribution is 5.87. The zero-order valence-corrected chi connectivity index (χ0v) is 14.5. The van der Waals surface area contributed by atoms with E-state index >= 15 is 0 Å². The van der Waals surface area contributed by atoms with Gasteiger partial charge in [-0.1, -0.05) is 50.5 Å². The molecule has 0 aliphatic heterocycles. The number of unbranched alkanes of at least 4 members (excludes halogenated alkanes) is 1. The van der Waals surface area contributed by atoms with Gasteiger partial charge in [-0.05, 0) is 72.2 Å². The fraction of sp³-hybridized carbons (Fsp3) is 0.455. The van der Waals surface area contributed by atoms with Crippen LogP contribution < -0.4 is 4.74 Å². The maximum atomic E-state index is 5.59. The normalized spacial score (nSPS) is 18.0. The summed E-state index contributed by atoms with van der Waals surface area (Å²) < 4.78 is 5.59. The Balaban J connectivity index is 1.76. The van der Waals surface area contributed by atoms with Gasteiger partial charge in [0.05, 0.1) is 6.61 Å². The van der Waals surface area contributed by atoms with Gasteiger partial charge in [-0.25, -0.2) is 0 Å². The molecule has 2 aromatic rings. The molecular formula is C22H28O. The van der Waals surface area contributed by atoms with Crippen molar-refractivity contribution < 1.29 is 4.74 Å². The van der Waals surface area contributed by atoms with Crippen LogP contribution in [-0.4, -0.2) is 6.61 Å². The van der Waals surface area contributed by atoms with Gasteiger partial charge in [0, 0.05) is 0 Å². The Bertz CT molecular complexity index is 683. The molecule has 1 atom stereocenters. The first-order valence-electron chi connectivity index (χ1n) is 9.16. The fourth-order valence-corrected chi connectivity index (χ4v) is 3.59. The number of hydrogen-bond acceptors (Lipinski definition) is 1. The Kier molecular flexibility index (Phi) is 5.38. The predicted octanol–water partition coefficient (Wildman–Crippen LogP) is 6.61. The predicted molar refractivity (Wildman–Crippen MR) is 100.0 cm³/mol. The van der Waals surface area contributed by atoms with E-state index in [2.05, 4.69) is 49.4 Å². The van der Waals surface area contributed by atoms with Crippen molar-refractivity contribution >= 4 is 16.3 Å². The molecule has 122 valence electrons. The van der Waals surface area contributed by atoms with Crippen LogP contribution in [0.5, 0.6) is 5.75 Å². The number of allylic oxidation sites excluding steroid dienone is 2.